The Morgan fingerprint density at radius 2 is 1.91 bits per heavy atom. The van der Waals surface area contributed by atoms with Gasteiger partial charge in [-0.05, 0) is 58.7 Å². The Hall–Kier alpha value is -4.11. The summed E-state index contributed by atoms with van der Waals surface area (Å²) in [7, 11) is 0. The van der Waals surface area contributed by atoms with Gasteiger partial charge in [0.05, 0.1) is 23.2 Å². The van der Waals surface area contributed by atoms with E-state index >= 15 is 0 Å². The maximum atomic E-state index is 14.9. The molecular weight excluding hydrogens is 587 g/mol. The van der Waals surface area contributed by atoms with Gasteiger partial charge in [0.1, 0.15) is 11.9 Å². The highest BCUT2D eigenvalue weighted by molar-refractivity contribution is 6.31. The topological polar surface area (TPSA) is 128 Å². The van der Waals surface area contributed by atoms with Gasteiger partial charge in [-0.1, -0.05) is 24.6 Å². The summed E-state index contributed by atoms with van der Waals surface area (Å²) >= 11 is 6.19. The number of hydrogen-bond donors (Lipinski definition) is 2. The monoisotopic (exact) mass is 617 g/mol. The zero-order valence-corrected chi connectivity index (χ0v) is 25.0. The Kier molecular flexibility index (Phi) is 8.79. The number of likely N-dealkylation sites (tertiary alicyclic amines) is 1. The third-order valence-corrected chi connectivity index (χ3v) is 8.14. The molecule has 1 unspecified atom stereocenters. The smallest absolute Gasteiger partial charge is 0.307 e. The van der Waals surface area contributed by atoms with Crippen LogP contribution >= 0.6 is 11.6 Å². The summed E-state index contributed by atoms with van der Waals surface area (Å²) < 4.78 is 49.4. The molecule has 2 aromatic rings. The molecule has 9 nitrogen and oxygen atoms in total. The maximum Gasteiger partial charge on any atom is 0.307 e. The molecule has 0 saturated carbocycles. The number of aromatic amines is 1. The Morgan fingerprint density at radius 3 is 2.51 bits per heavy atom. The second-order valence-corrected chi connectivity index (χ2v) is 12.2. The van der Waals surface area contributed by atoms with Crippen LogP contribution in [-0.4, -0.2) is 45.0 Å². The predicted octanol–water partition coefficient (Wildman–Crippen LogP) is 5.56. The van der Waals surface area contributed by atoms with Crippen LogP contribution in [-0.2, 0) is 4.79 Å². The average Bonchev–Trinajstić information content (AvgIpc) is 3.38. The number of allylic oxidation sites excluding steroid dienone is 3. The van der Waals surface area contributed by atoms with E-state index in [4.69, 9.17) is 16.3 Å². The number of carbonyl (C=O) groups excluding carboxylic acids is 2. The molecule has 0 bridgehead atoms. The molecule has 1 aromatic heterocycles. The lowest BCUT2D eigenvalue weighted by Crippen LogP contribution is -2.57. The summed E-state index contributed by atoms with van der Waals surface area (Å²) in [4.78, 5) is 40.4. The summed E-state index contributed by atoms with van der Waals surface area (Å²) in [6.45, 7) is 8.14. The first-order valence-electron chi connectivity index (χ1n) is 13.6. The van der Waals surface area contributed by atoms with Crippen molar-refractivity contribution >= 4 is 23.4 Å². The molecular formula is C30H31ClF3N5O4. The predicted molar refractivity (Wildman–Crippen MR) is 152 cm³/mol. The number of ether oxygens (including phenoxy) is 1. The highest BCUT2D eigenvalue weighted by Gasteiger charge is 2.52. The molecule has 2 aliphatic rings. The first-order valence-corrected chi connectivity index (χ1v) is 14.0. The molecule has 0 spiro atoms. The van der Waals surface area contributed by atoms with E-state index in [1.165, 1.54) is 30.9 Å². The summed E-state index contributed by atoms with van der Waals surface area (Å²) in [5, 5.41) is 18.3. The van der Waals surface area contributed by atoms with E-state index in [1.54, 1.807) is 26.8 Å². The Balaban J connectivity index is 1.58. The Morgan fingerprint density at radius 1 is 1.26 bits per heavy atom. The van der Waals surface area contributed by atoms with Crippen LogP contribution < -0.4 is 15.6 Å². The molecule has 4 atom stereocenters. The van der Waals surface area contributed by atoms with Crippen LogP contribution in [0.2, 0.25) is 0 Å². The number of benzene rings is 1. The largest absolute Gasteiger partial charge is 0.445 e. The number of nitrogens with zero attached hydrogens (tertiary/aromatic N) is 3. The number of nitriles is 1. The number of amides is 2. The van der Waals surface area contributed by atoms with Crippen molar-refractivity contribution in [2.24, 2.45) is 10.8 Å². The van der Waals surface area contributed by atoms with E-state index in [0.29, 0.717) is 18.5 Å². The summed E-state index contributed by atoms with van der Waals surface area (Å²) in [6.07, 6.45) is 3.83. The van der Waals surface area contributed by atoms with Crippen molar-refractivity contribution < 1.29 is 27.5 Å². The average molecular weight is 618 g/mol. The van der Waals surface area contributed by atoms with Crippen molar-refractivity contribution in [2.45, 2.75) is 72.0 Å². The van der Waals surface area contributed by atoms with Gasteiger partial charge in [-0.15, -0.1) is 0 Å². The number of rotatable bonds is 7. The van der Waals surface area contributed by atoms with Crippen LogP contribution in [0.1, 0.15) is 63.0 Å². The molecule has 2 heterocycles. The van der Waals surface area contributed by atoms with Crippen molar-refractivity contribution in [3.63, 3.8) is 0 Å². The van der Waals surface area contributed by atoms with E-state index in [0.717, 1.165) is 12.1 Å². The van der Waals surface area contributed by atoms with E-state index in [-0.39, 0.29) is 11.5 Å². The molecule has 1 fully saturated rings. The minimum atomic E-state index is -1.25. The van der Waals surface area contributed by atoms with Crippen molar-refractivity contribution in [3.05, 3.63) is 74.5 Å². The maximum absolute atomic E-state index is 14.9. The van der Waals surface area contributed by atoms with Crippen molar-refractivity contribution in [1.82, 2.24) is 20.4 Å². The summed E-state index contributed by atoms with van der Waals surface area (Å²) in [5.41, 5.74) is -2.76. The van der Waals surface area contributed by atoms with E-state index in [2.05, 4.69) is 21.6 Å². The molecule has 1 aromatic carbocycles. The molecule has 43 heavy (non-hydrogen) atoms. The van der Waals surface area contributed by atoms with Gasteiger partial charge in [0, 0.05) is 34.5 Å². The van der Waals surface area contributed by atoms with E-state index in [9.17, 15) is 32.8 Å². The van der Waals surface area contributed by atoms with Crippen molar-refractivity contribution in [3.8, 4) is 17.6 Å². The lowest BCUT2D eigenvalue weighted by molar-refractivity contribution is -0.139. The van der Waals surface area contributed by atoms with Crippen LogP contribution in [0.5, 0.6) is 11.5 Å². The molecule has 2 amide bonds. The molecule has 1 aliphatic heterocycles. The molecule has 228 valence electrons. The normalized spacial score (nSPS) is 22.7. The SMILES string of the molecule is Cc1cc(Oc2c(F)cc(C(=O)N[C@H](C)C(=O)N3[C@H](C4(C)C=C(Cl)C=C(F)C4)CC[C@@H]3C(C)(C)C#N)cc2F)c(=O)[nH]n1. The van der Waals surface area contributed by atoms with Gasteiger partial charge in [0.25, 0.3) is 5.91 Å². The standard InChI is InChI=1S/C30H31ClF3N5O4/c1-15-8-22(27(41)38-37-15)43-25-20(33)9-17(10-21(25)34)26(40)36-16(2)28(42)39-23(29(3,4)14-35)6-7-24(39)30(5)12-18(31)11-19(32)13-30/h8-12,16,23-24H,6-7,13H2,1-5H3,(H,36,40)(H,38,41)/t16-,23-,24+,30?/m1/s1. The van der Waals surface area contributed by atoms with Crippen LogP contribution in [0.4, 0.5) is 13.2 Å². The number of halogens is 4. The van der Waals surface area contributed by atoms with Gasteiger partial charge in [-0.25, -0.2) is 18.3 Å². The fourth-order valence-corrected chi connectivity index (χ4v) is 6.12. The molecule has 1 aliphatic carbocycles. The van der Waals surface area contributed by atoms with Gasteiger partial charge in [-0.3, -0.25) is 14.4 Å². The van der Waals surface area contributed by atoms with Gasteiger partial charge in [0.2, 0.25) is 5.91 Å². The molecule has 4 rings (SSSR count). The van der Waals surface area contributed by atoms with E-state index in [1.807, 2.05) is 0 Å². The quantitative estimate of drug-likeness (QED) is 0.419. The van der Waals surface area contributed by atoms with Gasteiger partial charge >= 0.3 is 5.56 Å². The Bertz CT molecular complexity index is 1610. The molecule has 2 N–H and O–H groups in total. The van der Waals surface area contributed by atoms with Gasteiger partial charge in [0.15, 0.2) is 23.1 Å². The van der Waals surface area contributed by atoms with Crippen LogP contribution in [0, 0.1) is 40.7 Å². The highest BCUT2D eigenvalue weighted by atomic mass is 35.5. The first kappa shape index (κ1) is 31.8. The minimum absolute atomic E-state index is 0.00396. The second-order valence-electron chi connectivity index (χ2n) is 11.8. The third-order valence-electron chi connectivity index (χ3n) is 7.92. The van der Waals surface area contributed by atoms with Crippen molar-refractivity contribution in [1.29, 1.82) is 5.26 Å². The number of aromatic nitrogens is 2. The van der Waals surface area contributed by atoms with Crippen molar-refractivity contribution in [2.75, 3.05) is 0 Å². The van der Waals surface area contributed by atoms with Crippen LogP contribution in [0.15, 0.2) is 46.0 Å². The number of carbonyl (C=O) groups is 2. The molecule has 13 heteroatoms. The van der Waals surface area contributed by atoms with Crippen LogP contribution in [0.3, 0.4) is 0 Å². The molecule has 0 radical (unpaired) electrons. The highest BCUT2D eigenvalue weighted by Crippen LogP contribution is 2.48. The Labute approximate surface area is 251 Å². The zero-order valence-electron chi connectivity index (χ0n) is 24.2. The number of H-pyrrole nitrogens is 1. The summed E-state index contributed by atoms with van der Waals surface area (Å²) in [5.74, 6) is -5.72. The third kappa shape index (κ3) is 6.46. The van der Waals surface area contributed by atoms with Gasteiger partial charge < -0.3 is 15.0 Å². The molecule has 1 saturated heterocycles. The fourth-order valence-electron chi connectivity index (χ4n) is 5.76. The minimum Gasteiger partial charge on any atom is -0.445 e. The lowest BCUT2D eigenvalue weighted by Gasteiger charge is -2.44. The zero-order chi connectivity index (χ0) is 31.9. The fraction of sp³-hybridized carbons (Fsp3) is 0.433. The lowest BCUT2D eigenvalue weighted by atomic mass is 9.75. The number of hydrogen-bond acceptors (Lipinski definition) is 6. The van der Waals surface area contributed by atoms with Crippen LogP contribution in [0.25, 0.3) is 0 Å². The summed E-state index contributed by atoms with van der Waals surface area (Å²) in [6, 6.07) is 2.59. The number of nitrogens with one attached hydrogen (secondary N) is 2. The van der Waals surface area contributed by atoms with E-state index < -0.39 is 80.9 Å². The second kappa shape index (κ2) is 11.9. The number of aryl methyl sites for hydroxylation is 1. The first-order chi connectivity index (χ1) is 20.1. The van der Waals surface area contributed by atoms with Gasteiger partial charge in [-0.2, -0.15) is 10.4 Å².